The Balaban J connectivity index is 2.39. The Labute approximate surface area is 128 Å². The van der Waals surface area contributed by atoms with E-state index < -0.39 is 4.92 Å². The number of ether oxygens (including phenoxy) is 1. The molecule has 0 radical (unpaired) electrons. The highest BCUT2D eigenvalue weighted by Crippen LogP contribution is 2.35. The lowest BCUT2D eigenvalue weighted by Gasteiger charge is -2.10. The van der Waals surface area contributed by atoms with Crippen molar-refractivity contribution >= 4 is 39.9 Å². The van der Waals surface area contributed by atoms with E-state index >= 15 is 0 Å². The first-order valence-electron chi connectivity index (χ1n) is 5.36. The number of nitrogens with zero attached hydrogens (tertiary/aromatic N) is 1. The maximum absolute atomic E-state index is 10.8. The first kappa shape index (κ1) is 14.1. The zero-order valence-corrected chi connectivity index (χ0v) is 12.8. The maximum atomic E-state index is 10.8. The molecule has 0 atom stereocenters. The third-order valence-electron chi connectivity index (χ3n) is 2.50. The minimum atomic E-state index is -0.509. The molecule has 2 aromatic carbocycles. The van der Waals surface area contributed by atoms with E-state index in [0.717, 1.165) is 3.57 Å². The number of hydrogen-bond acceptors (Lipinski definition) is 3. The predicted molar refractivity (Wildman–Crippen MR) is 82.1 cm³/mol. The van der Waals surface area contributed by atoms with E-state index in [-0.39, 0.29) is 10.7 Å². The monoisotopic (exact) mass is 389 g/mol. The summed E-state index contributed by atoms with van der Waals surface area (Å²) < 4.78 is 6.69. The van der Waals surface area contributed by atoms with Gasteiger partial charge in [-0.1, -0.05) is 23.7 Å². The van der Waals surface area contributed by atoms with Gasteiger partial charge in [-0.15, -0.1) is 0 Å². The molecule has 2 rings (SSSR count). The molecule has 0 aliphatic carbocycles. The van der Waals surface area contributed by atoms with E-state index in [1.165, 1.54) is 12.1 Å². The quantitative estimate of drug-likeness (QED) is 0.424. The number of halogens is 2. The lowest BCUT2D eigenvalue weighted by atomic mass is 10.2. The van der Waals surface area contributed by atoms with Crippen LogP contribution in [0.3, 0.4) is 0 Å². The zero-order chi connectivity index (χ0) is 14.0. The molecular formula is C13H9ClINO3. The van der Waals surface area contributed by atoms with Crippen molar-refractivity contribution in [2.75, 3.05) is 0 Å². The van der Waals surface area contributed by atoms with Crippen LogP contribution in [0, 0.1) is 20.6 Å². The predicted octanol–water partition coefficient (Wildman–Crippen LogP) is 4.95. The number of rotatable bonds is 3. The first-order chi connectivity index (χ1) is 8.99. The molecule has 0 fully saturated rings. The van der Waals surface area contributed by atoms with Crippen LogP contribution in [0.2, 0.25) is 5.02 Å². The minimum Gasteiger partial charge on any atom is -0.456 e. The van der Waals surface area contributed by atoms with Crippen LogP contribution in [-0.2, 0) is 0 Å². The van der Waals surface area contributed by atoms with Gasteiger partial charge in [0.2, 0.25) is 0 Å². The van der Waals surface area contributed by atoms with Gasteiger partial charge in [0.05, 0.1) is 8.49 Å². The fraction of sp³-hybridized carbons (Fsp3) is 0.0769. The molecule has 0 spiro atoms. The lowest BCUT2D eigenvalue weighted by Crippen LogP contribution is -1.94. The van der Waals surface area contributed by atoms with Gasteiger partial charge < -0.3 is 4.74 Å². The highest BCUT2D eigenvalue weighted by molar-refractivity contribution is 14.1. The van der Waals surface area contributed by atoms with Crippen molar-refractivity contribution in [3.63, 3.8) is 0 Å². The maximum Gasteiger partial charge on any atom is 0.288 e. The van der Waals surface area contributed by atoms with Crippen molar-refractivity contribution in [3.05, 3.63) is 60.7 Å². The molecule has 0 heterocycles. The molecule has 0 saturated heterocycles. The summed E-state index contributed by atoms with van der Waals surface area (Å²) in [6.07, 6.45) is 0. The van der Waals surface area contributed by atoms with E-state index in [9.17, 15) is 10.1 Å². The Morgan fingerprint density at radius 3 is 2.58 bits per heavy atom. The van der Waals surface area contributed by atoms with E-state index in [1.54, 1.807) is 6.92 Å². The highest BCUT2D eigenvalue weighted by atomic mass is 127. The van der Waals surface area contributed by atoms with Crippen molar-refractivity contribution in [3.8, 4) is 11.5 Å². The van der Waals surface area contributed by atoms with Crippen molar-refractivity contribution < 1.29 is 9.66 Å². The van der Waals surface area contributed by atoms with Gasteiger partial charge in [-0.2, -0.15) is 0 Å². The number of aryl methyl sites for hydroxylation is 1. The summed E-state index contributed by atoms with van der Waals surface area (Å²) in [5.74, 6) is 1.20. The van der Waals surface area contributed by atoms with Gasteiger partial charge >= 0.3 is 0 Å². The Hall–Kier alpha value is -1.34. The molecule has 0 amide bonds. The molecule has 0 aliphatic heterocycles. The third-order valence-corrected chi connectivity index (χ3v) is 3.69. The van der Waals surface area contributed by atoms with Crippen LogP contribution in [0.15, 0.2) is 36.4 Å². The molecule has 0 aliphatic rings. The summed E-state index contributed by atoms with van der Waals surface area (Å²) in [6.45, 7) is 1.74. The van der Waals surface area contributed by atoms with Gasteiger partial charge in [-0.05, 0) is 47.2 Å². The average Bonchev–Trinajstić information content (AvgIpc) is 2.35. The molecule has 2 aromatic rings. The van der Waals surface area contributed by atoms with Gasteiger partial charge in [0.1, 0.15) is 16.5 Å². The fourth-order valence-electron chi connectivity index (χ4n) is 1.54. The molecule has 4 nitrogen and oxygen atoms in total. The summed E-state index contributed by atoms with van der Waals surface area (Å²) in [6, 6.07) is 10.4. The van der Waals surface area contributed by atoms with E-state index in [2.05, 4.69) is 22.6 Å². The Kier molecular flexibility index (Phi) is 4.26. The molecule has 19 heavy (non-hydrogen) atoms. The summed E-state index contributed by atoms with van der Waals surface area (Å²) >= 11 is 8.04. The smallest absolute Gasteiger partial charge is 0.288 e. The number of nitro groups is 1. The zero-order valence-electron chi connectivity index (χ0n) is 9.89. The Bertz CT molecular complexity index is 646. The van der Waals surface area contributed by atoms with Crippen LogP contribution in [0.4, 0.5) is 5.69 Å². The second-order valence-electron chi connectivity index (χ2n) is 3.86. The molecule has 0 unspecified atom stereocenters. The molecule has 0 aromatic heterocycles. The van der Waals surface area contributed by atoms with Crippen molar-refractivity contribution in [1.82, 2.24) is 0 Å². The fourth-order valence-corrected chi connectivity index (χ4v) is 2.26. The van der Waals surface area contributed by atoms with E-state index in [0.29, 0.717) is 17.1 Å². The van der Waals surface area contributed by atoms with Crippen LogP contribution < -0.4 is 4.74 Å². The van der Waals surface area contributed by atoms with Crippen LogP contribution in [-0.4, -0.2) is 4.92 Å². The average molecular weight is 390 g/mol. The van der Waals surface area contributed by atoms with Gasteiger partial charge in [0, 0.05) is 12.1 Å². The summed E-state index contributed by atoms with van der Waals surface area (Å²) in [4.78, 5) is 10.3. The van der Waals surface area contributed by atoms with Gasteiger partial charge in [0.15, 0.2) is 0 Å². The number of nitro benzene ring substituents is 1. The second-order valence-corrected chi connectivity index (χ2v) is 5.43. The summed E-state index contributed by atoms with van der Waals surface area (Å²) in [5, 5.41) is 10.8. The Morgan fingerprint density at radius 2 is 1.95 bits per heavy atom. The van der Waals surface area contributed by atoms with Crippen LogP contribution in [0.5, 0.6) is 11.5 Å². The van der Waals surface area contributed by atoms with Crippen molar-refractivity contribution in [2.24, 2.45) is 0 Å². The van der Waals surface area contributed by atoms with E-state index in [4.69, 9.17) is 16.3 Å². The first-order valence-corrected chi connectivity index (χ1v) is 6.81. The van der Waals surface area contributed by atoms with Crippen LogP contribution in [0.25, 0.3) is 0 Å². The summed E-state index contributed by atoms with van der Waals surface area (Å²) in [5.41, 5.74) is 0.546. The van der Waals surface area contributed by atoms with Crippen LogP contribution in [0.1, 0.15) is 5.56 Å². The topological polar surface area (TPSA) is 52.4 Å². The molecule has 0 bridgehead atoms. The van der Waals surface area contributed by atoms with Gasteiger partial charge in [-0.25, -0.2) is 0 Å². The highest BCUT2D eigenvalue weighted by Gasteiger charge is 2.16. The molecule has 0 saturated carbocycles. The van der Waals surface area contributed by atoms with Gasteiger partial charge in [-0.3, -0.25) is 10.1 Å². The number of para-hydroxylation sites is 1. The third kappa shape index (κ3) is 3.16. The normalized spacial score (nSPS) is 10.3. The summed E-state index contributed by atoms with van der Waals surface area (Å²) in [7, 11) is 0. The molecule has 6 heteroatoms. The second kappa shape index (κ2) is 5.75. The minimum absolute atomic E-state index is 0.0662. The lowest BCUT2D eigenvalue weighted by molar-refractivity contribution is -0.384. The standard InChI is InChI=1S/C13H9ClINO3/c1-8-6-11(16(17)18)9(14)7-13(8)19-12-5-3-2-4-10(12)15/h2-7H,1H3. The Morgan fingerprint density at radius 1 is 1.26 bits per heavy atom. The molecule has 0 N–H and O–H groups in total. The SMILES string of the molecule is Cc1cc([N+](=O)[O-])c(Cl)cc1Oc1ccccc1I. The molecule has 98 valence electrons. The van der Waals surface area contributed by atoms with E-state index in [1.807, 2.05) is 24.3 Å². The van der Waals surface area contributed by atoms with Crippen molar-refractivity contribution in [1.29, 1.82) is 0 Å². The van der Waals surface area contributed by atoms with Crippen LogP contribution >= 0.6 is 34.2 Å². The number of benzene rings is 2. The molecular weight excluding hydrogens is 381 g/mol. The largest absolute Gasteiger partial charge is 0.456 e. The van der Waals surface area contributed by atoms with Crippen molar-refractivity contribution in [2.45, 2.75) is 6.92 Å². The number of hydrogen-bond donors (Lipinski definition) is 0. The van der Waals surface area contributed by atoms with Gasteiger partial charge in [0.25, 0.3) is 5.69 Å².